The minimum atomic E-state index is 1.02. The molecule has 0 atom stereocenters. The molecule has 0 fully saturated rings. The Bertz CT molecular complexity index is 216. The molecule has 0 amide bonds. The van der Waals surface area contributed by atoms with Crippen LogP contribution in [0.25, 0.3) is 0 Å². The Morgan fingerprint density at radius 1 is 0.571 bits per heavy atom. The molecular weight excluding hydrogens is 168 g/mol. The summed E-state index contributed by atoms with van der Waals surface area (Å²) in [4.78, 5) is 0. The normalized spacial score (nSPS) is 8.43. The predicted molar refractivity (Wildman–Crippen MR) is 63.8 cm³/mol. The molecule has 0 nitrogen and oxygen atoms in total. The zero-order valence-electron chi connectivity index (χ0n) is 9.66. The maximum Gasteiger partial charge on any atom is 0.00977 e. The second-order valence-electron chi connectivity index (χ2n) is 3.41. The molecule has 0 saturated carbocycles. The van der Waals surface area contributed by atoms with Gasteiger partial charge in [0.25, 0.3) is 0 Å². The van der Waals surface area contributed by atoms with Gasteiger partial charge in [0.15, 0.2) is 0 Å². The highest BCUT2D eigenvalue weighted by Gasteiger charge is 1.80. The summed E-state index contributed by atoms with van der Waals surface area (Å²) < 4.78 is 0. The molecule has 0 aliphatic carbocycles. The van der Waals surface area contributed by atoms with Crippen LogP contribution >= 0.6 is 0 Å². The van der Waals surface area contributed by atoms with E-state index in [1.54, 1.807) is 0 Å². The lowest BCUT2D eigenvalue weighted by atomic mass is 10.2. The van der Waals surface area contributed by atoms with Crippen LogP contribution in [0.15, 0.2) is 0 Å². The molecule has 0 aromatic carbocycles. The van der Waals surface area contributed by atoms with E-state index < -0.39 is 0 Å². The van der Waals surface area contributed by atoms with Gasteiger partial charge in [-0.25, -0.2) is 0 Å². The highest BCUT2D eigenvalue weighted by Crippen LogP contribution is 1.94. The first-order valence-electron chi connectivity index (χ1n) is 5.83. The molecule has 0 heterocycles. The SMILES string of the molecule is CCCC#CCCCC#CCCCC. The fourth-order valence-corrected chi connectivity index (χ4v) is 1.01. The first-order valence-corrected chi connectivity index (χ1v) is 5.83. The Hall–Kier alpha value is -0.880. The van der Waals surface area contributed by atoms with Crippen molar-refractivity contribution in [3.8, 4) is 23.7 Å². The van der Waals surface area contributed by atoms with Gasteiger partial charge in [0.1, 0.15) is 0 Å². The number of hydrogen-bond acceptors (Lipinski definition) is 0. The Kier molecular flexibility index (Phi) is 11.4. The van der Waals surface area contributed by atoms with E-state index in [0.29, 0.717) is 0 Å². The standard InChI is InChI=1S/C14H22/c1-3-5-7-9-11-13-14-12-10-8-6-4-2/h3-7,12-14H2,1-2H3. The highest BCUT2D eigenvalue weighted by atomic mass is 13.8. The van der Waals surface area contributed by atoms with Gasteiger partial charge in [0.2, 0.25) is 0 Å². The van der Waals surface area contributed by atoms with Crippen molar-refractivity contribution < 1.29 is 0 Å². The maximum absolute atomic E-state index is 3.19. The monoisotopic (exact) mass is 190 g/mol. The topological polar surface area (TPSA) is 0 Å². The molecule has 0 saturated heterocycles. The van der Waals surface area contributed by atoms with Crippen LogP contribution in [-0.2, 0) is 0 Å². The molecular formula is C14H22. The second kappa shape index (κ2) is 12.1. The first kappa shape index (κ1) is 13.1. The smallest absolute Gasteiger partial charge is 0.00977 e. The number of unbranched alkanes of at least 4 members (excludes halogenated alkanes) is 5. The molecule has 0 radical (unpaired) electrons. The number of hydrogen-bond donors (Lipinski definition) is 0. The Labute approximate surface area is 89.5 Å². The van der Waals surface area contributed by atoms with E-state index in [-0.39, 0.29) is 0 Å². The average molecular weight is 190 g/mol. The van der Waals surface area contributed by atoms with Crippen LogP contribution in [0.1, 0.15) is 65.2 Å². The third kappa shape index (κ3) is 11.1. The molecule has 0 heteroatoms. The van der Waals surface area contributed by atoms with Gasteiger partial charge < -0.3 is 0 Å². The van der Waals surface area contributed by atoms with Gasteiger partial charge in [-0.2, -0.15) is 0 Å². The molecule has 0 N–H and O–H groups in total. The zero-order chi connectivity index (χ0) is 10.5. The molecule has 78 valence electrons. The van der Waals surface area contributed by atoms with Crippen molar-refractivity contribution in [2.24, 2.45) is 0 Å². The molecule has 0 unspecified atom stereocenters. The summed E-state index contributed by atoms with van der Waals surface area (Å²) in [6.07, 6.45) is 8.94. The molecule has 0 aliphatic rings. The first-order chi connectivity index (χ1) is 6.91. The molecule has 0 aromatic rings. The molecule has 0 rings (SSSR count). The molecule has 0 aromatic heterocycles. The van der Waals surface area contributed by atoms with Crippen LogP contribution in [0, 0.1) is 23.7 Å². The van der Waals surface area contributed by atoms with E-state index in [1.165, 1.54) is 19.3 Å². The van der Waals surface area contributed by atoms with Crippen molar-refractivity contribution in [1.82, 2.24) is 0 Å². The van der Waals surface area contributed by atoms with Crippen molar-refractivity contribution in [1.29, 1.82) is 0 Å². The lowest BCUT2D eigenvalue weighted by molar-refractivity contribution is 0.825. The minimum Gasteiger partial charge on any atom is -0.103 e. The van der Waals surface area contributed by atoms with Crippen LogP contribution in [0.3, 0.4) is 0 Å². The van der Waals surface area contributed by atoms with E-state index in [4.69, 9.17) is 0 Å². The minimum absolute atomic E-state index is 1.02. The molecule has 0 bridgehead atoms. The van der Waals surface area contributed by atoms with Gasteiger partial charge in [-0.05, 0) is 19.3 Å². The highest BCUT2D eigenvalue weighted by molar-refractivity contribution is 5.01. The van der Waals surface area contributed by atoms with Gasteiger partial charge in [-0.1, -0.05) is 20.3 Å². The van der Waals surface area contributed by atoms with E-state index in [2.05, 4.69) is 37.5 Å². The van der Waals surface area contributed by atoms with Gasteiger partial charge in [0, 0.05) is 25.7 Å². The van der Waals surface area contributed by atoms with Crippen LogP contribution in [0.5, 0.6) is 0 Å². The summed E-state index contributed by atoms with van der Waals surface area (Å²) >= 11 is 0. The fraction of sp³-hybridized carbons (Fsp3) is 0.714. The lowest BCUT2D eigenvalue weighted by Crippen LogP contribution is -1.72. The summed E-state index contributed by atoms with van der Waals surface area (Å²) in [5.41, 5.74) is 0. The van der Waals surface area contributed by atoms with Gasteiger partial charge >= 0.3 is 0 Å². The van der Waals surface area contributed by atoms with Crippen molar-refractivity contribution in [2.45, 2.75) is 65.2 Å². The third-order valence-corrected chi connectivity index (χ3v) is 1.88. The molecule has 0 aliphatic heterocycles. The van der Waals surface area contributed by atoms with Crippen LogP contribution < -0.4 is 0 Å². The van der Waals surface area contributed by atoms with Gasteiger partial charge in [-0.3, -0.25) is 0 Å². The summed E-state index contributed by atoms with van der Waals surface area (Å²) in [5, 5.41) is 0. The van der Waals surface area contributed by atoms with Crippen molar-refractivity contribution in [2.75, 3.05) is 0 Å². The van der Waals surface area contributed by atoms with Crippen molar-refractivity contribution in [3.63, 3.8) is 0 Å². The largest absolute Gasteiger partial charge is 0.103 e. The summed E-state index contributed by atoms with van der Waals surface area (Å²) in [7, 11) is 0. The molecule has 0 spiro atoms. The Morgan fingerprint density at radius 3 is 1.57 bits per heavy atom. The Balaban J connectivity index is 3.20. The van der Waals surface area contributed by atoms with Crippen molar-refractivity contribution in [3.05, 3.63) is 0 Å². The third-order valence-electron chi connectivity index (χ3n) is 1.88. The van der Waals surface area contributed by atoms with E-state index in [1.807, 2.05) is 0 Å². The van der Waals surface area contributed by atoms with Crippen LogP contribution in [0.4, 0.5) is 0 Å². The van der Waals surface area contributed by atoms with Gasteiger partial charge in [-0.15, -0.1) is 23.7 Å². The quantitative estimate of drug-likeness (QED) is 0.451. The maximum atomic E-state index is 3.19. The van der Waals surface area contributed by atoms with Crippen LogP contribution in [-0.4, -0.2) is 0 Å². The summed E-state index contributed by atoms with van der Waals surface area (Å²) in [6, 6.07) is 0. The number of rotatable bonds is 5. The van der Waals surface area contributed by atoms with E-state index >= 15 is 0 Å². The summed E-state index contributed by atoms with van der Waals surface area (Å²) in [6.45, 7) is 4.36. The summed E-state index contributed by atoms with van der Waals surface area (Å²) in [5.74, 6) is 12.7. The zero-order valence-corrected chi connectivity index (χ0v) is 9.66. The average Bonchev–Trinajstić information content (AvgIpc) is 2.21. The predicted octanol–water partition coefficient (Wildman–Crippen LogP) is 4.15. The second-order valence-corrected chi connectivity index (χ2v) is 3.41. The van der Waals surface area contributed by atoms with Crippen LogP contribution in [0.2, 0.25) is 0 Å². The van der Waals surface area contributed by atoms with E-state index in [9.17, 15) is 0 Å². The fourth-order valence-electron chi connectivity index (χ4n) is 1.01. The van der Waals surface area contributed by atoms with E-state index in [0.717, 1.165) is 32.1 Å². The van der Waals surface area contributed by atoms with Gasteiger partial charge in [0.05, 0.1) is 0 Å². The Morgan fingerprint density at radius 2 is 1.07 bits per heavy atom. The molecule has 14 heavy (non-hydrogen) atoms. The van der Waals surface area contributed by atoms with Crippen molar-refractivity contribution >= 4 is 0 Å². The lowest BCUT2D eigenvalue weighted by Gasteiger charge is -1.86.